The standard InChI is InChI=1S/C46H38F12P/c1-41(2,3)59(42(4,5)6)23-37-35(27-15-29(43(47,48)49)21-30(16-27)44(50,51)52)19-25-11-7-9-13-33(25)39(37)40-34-14-10-8-12-26(34)20-36(38(40)24-59)28-17-31(45(53,54)55)22-32(18-28)46(56,57)58/h7-22H,23-24H2,1-6H3/q+1. The zero-order valence-electron chi connectivity index (χ0n) is 32.6. The molecule has 0 aliphatic carbocycles. The number of halogens is 12. The Balaban J connectivity index is 1.76. The first-order valence-electron chi connectivity index (χ1n) is 18.6. The van der Waals surface area contributed by atoms with Crippen molar-refractivity contribution in [2.24, 2.45) is 0 Å². The molecule has 1 aliphatic rings. The van der Waals surface area contributed by atoms with E-state index in [1.807, 2.05) is 41.5 Å². The van der Waals surface area contributed by atoms with Crippen molar-refractivity contribution in [3.05, 3.63) is 130 Å². The Morgan fingerprint density at radius 1 is 0.390 bits per heavy atom. The Labute approximate surface area is 333 Å². The molecule has 1 aliphatic heterocycles. The van der Waals surface area contributed by atoms with Crippen LogP contribution in [0.3, 0.4) is 0 Å². The number of rotatable bonds is 2. The van der Waals surface area contributed by atoms with Gasteiger partial charge in [-0.25, -0.2) is 0 Å². The molecule has 0 radical (unpaired) electrons. The predicted molar refractivity (Wildman–Crippen MR) is 212 cm³/mol. The lowest BCUT2D eigenvalue weighted by atomic mass is 9.81. The second-order valence-corrected chi connectivity index (χ2v) is 22.5. The van der Waals surface area contributed by atoms with Crippen molar-refractivity contribution in [2.45, 2.75) is 88.9 Å². The van der Waals surface area contributed by atoms with Gasteiger partial charge in [0.25, 0.3) is 0 Å². The van der Waals surface area contributed by atoms with E-state index in [0.717, 1.165) is 0 Å². The molecule has 0 atom stereocenters. The van der Waals surface area contributed by atoms with E-state index in [4.69, 9.17) is 0 Å². The van der Waals surface area contributed by atoms with Crippen LogP contribution in [0.2, 0.25) is 0 Å². The fourth-order valence-corrected chi connectivity index (χ4v) is 14.7. The van der Waals surface area contributed by atoms with Gasteiger partial charge in [-0.2, -0.15) is 52.7 Å². The molecule has 0 unspecified atom stereocenters. The first-order valence-corrected chi connectivity index (χ1v) is 20.7. The molecule has 0 amide bonds. The molecule has 1 heterocycles. The number of hydrogen-bond donors (Lipinski definition) is 0. The molecule has 6 aromatic carbocycles. The van der Waals surface area contributed by atoms with Crippen molar-refractivity contribution in [1.29, 1.82) is 0 Å². The van der Waals surface area contributed by atoms with Crippen LogP contribution in [0, 0.1) is 0 Å². The molecule has 0 saturated heterocycles. The number of benzene rings is 6. The Hall–Kier alpha value is -4.57. The van der Waals surface area contributed by atoms with Crippen molar-refractivity contribution < 1.29 is 52.7 Å². The Kier molecular flexibility index (Phi) is 9.90. The quantitative estimate of drug-likeness (QED) is 0.120. The molecule has 0 aromatic heterocycles. The molecule has 0 bridgehead atoms. The second kappa shape index (κ2) is 13.7. The highest BCUT2D eigenvalue weighted by Gasteiger charge is 2.59. The topological polar surface area (TPSA) is 0 Å². The lowest BCUT2D eigenvalue weighted by Gasteiger charge is -2.47. The first-order chi connectivity index (χ1) is 27.0. The van der Waals surface area contributed by atoms with Gasteiger partial charge < -0.3 is 0 Å². The molecule has 7 rings (SSSR count). The monoisotopic (exact) mass is 849 g/mol. The minimum absolute atomic E-state index is 0.0736. The molecule has 0 fully saturated rings. The first kappa shape index (κ1) is 42.6. The van der Waals surface area contributed by atoms with E-state index >= 15 is 0 Å². The third-order valence-electron chi connectivity index (χ3n) is 11.8. The van der Waals surface area contributed by atoms with Crippen LogP contribution in [0.25, 0.3) is 54.9 Å². The van der Waals surface area contributed by atoms with E-state index < -0.39 is 64.5 Å². The summed E-state index contributed by atoms with van der Waals surface area (Å²) in [4.78, 5) is 0. The summed E-state index contributed by atoms with van der Waals surface area (Å²) < 4.78 is 173. The van der Waals surface area contributed by atoms with Gasteiger partial charge in [0.1, 0.15) is 0 Å². The highest BCUT2D eigenvalue weighted by atomic mass is 31.2. The molecular formula is C46H38F12P+. The molecule has 6 aromatic rings. The molecule has 13 heteroatoms. The van der Waals surface area contributed by atoms with Gasteiger partial charge >= 0.3 is 24.7 Å². The maximum Gasteiger partial charge on any atom is 0.416 e. The summed E-state index contributed by atoms with van der Waals surface area (Å²) in [5.74, 6) is 0. The third kappa shape index (κ3) is 7.48. The third-order valence-corrected chi connectivity index (χ3v) is 18.6. The van der Waals surface area contributed by atoms with Gasteiger partial charge in [-0.3, -0.25) is 0 Å². The van der Waals surface area contributed by atoms with Crippen molar-refractivity contribution in [3.63, 3.8) is 0 Å². The number of fused-ring (bicyclic) bond motifs is 7. The summed E-state index contributed by atoms with van der Waals surface area (Å²) in [7, 11) is -2.78. The van der Waals surface area contributed by atoms with Gasteiger partial charge in [0.05, 0.1) is 44.9 Å². The summed E-state index contributed by atoms with van der Waals surface area (Å²) in [5, 5.41) is 0.797. The molecule has 59 heavy (non-hydrogen) atoms. The minimum Gasteiger partial charge on any atom is -0.166 e. The van der Waals surface area contributed by atoms with Gasteiger partial charge in [-0.15, -0.1) is 0 Å². The molecule has 0 nitrogen and oxygen atoms in total. The van der Waals surface area contributed by atoms with Crippen LogP contribution >= 0.6 is 7.26 Å². The van der Waals surface area contributed by atoms with Gasteiger partial charge in [-0.05, 0) is 145 Å². The van der Waals surface area contributed by atoms with Gasteiger partial charge in [0.15, 0.2) is 0 Å². The van der Waals surface area contributed by atoms with Crippen LogP contribution in [-0.4, -0.2) is 10.3 Å². The van der Waals surface area contributed by atoms with Crippen LogP contribution in [0.1, 0.15) is 74.9 Å². The summed E-state index contributed by atoms with van der Waals surface area (Å²) in [6.07, 6.45) is -20.2. The minimum atomic E-state index is -5.14. The Morgan fingerprint density at radius 2 is 0.678 bits per heavy atom. The smallest absolute Gasteiger partial charge is 0.166 e. The second-order valence-electron chi connectivity index (χ2n) is 17.2. The lowest BCUT2D eigenvalue weighted by molar-refractivity contribution is -0.144. The van der Waals surface area contributed by atoms with Crippen molar-refractivity contribution in [1.82, 2.24) is 0 Å². The van der Waals surface area contributed by atoms with E-state index in [1.54, 1.807) is 60.7 Å². The van der Waals surface area contributed by atoms with Crippen LogP contribution < -0.4 is 0 Å². The normalized spacial score (nSPS) is 15.3. The highest BCUT2D eigenvalue weighted by Crippen LogP contribution is 2.82. The fraction of sp³-hybridized carbons (Fsp3) is 0.304. The van der Waals surface area contributed by atoms with Crippen LogP contribution in [-0.2, 0) is 37.0 Å². The Bertz CT molecular complexity index is 2380. The average molecular weight is 850 g/mol. The van der Waals surface area contributed by atoms with Crippen molar-refractivity contribution >= 4 is 28.8 Å². The van der Waals surface area contributed by atoms with Crippen molar-refractivity contribution in [3.8, 4) is 33.4 Å². The summed E-state index contributed by atoms with van der Waals surface area (Å²) in [6, 6.07) is 19.8. The predicted octanol–water partition coefficient (Wildman–Crippen LogP) is 16.7. The van der Waals surface area contributed by atoms with Gasteiger partial charge in [0, 0.05) is 18.4 Å². The van der Waals surface area contributed by atoms with Crippen LogP contribution in [0.4, 0.5) is 52.7 Å². The van der Waals surface area contributed by atoms with Crippen LogP contribution in [0.5, 0.6) is 0 Å². The van der Waals surface area contributed by atoms with E-state index in [9.17, 15) is 52.7 Å². The van der Waals surface area contributed by atoms with E-state index in [-0.39, 0.29) is 46.7 Å². The molecule has 0 spiro atoms. The fourth-order valence-electron chi connectivity index (χ4n) is 8.97. The molecular weight excluding hydrogens is 811 g/mol. The van der Waals surface area contributed by atoms with Crippen molar-refractivity contribution in [2.75, 3.05) is 0 Å². The summed E-state index contributed by atoms with van der Waals surface area (Å²) >= 11 is 0. The SMILES string of the molecule is CC(C)(C)[P+]1(C(C)(C)C)Cc2c(-c3cc(C(F)(F)F)cc(C(F)(F)F)c3)cc3ccccc3c2-c2c(c(-c3cc(C(F)(F)F)cc(C(F)(F)F)c3)cc3ccccc23)C1. The van der Waals surface area contributed by atoms with E-state index in [1.165, 1.54) is 0 Å². The van der Waals surface area contributed by atoms with Gasteiger partial charge in [0.2, 0.25) is 0 Å². The van der Waals surface area contributed by atoms with Gasteiger partial charge in [-0.1, -0.05) is 48.5 Å². The lowest BCUT2D eigenvalue weighted by Crippen LogP contribution is -2.36. The van der Waals surface area contributed by atoms with Crippen LogP contribution in [0.15, 0.2) is 97.1 Å². The molecule has 0 N–H and O–H groups in total. The Morgan fingerprint density at radius 3 is 0.949 bits per heavy atom. The van der Waals surface area contributed by atoms with E-state index in [2.05, 4.69) is 0 Å². The zero-order chi connectivity index (χ0) is 43.5. The summed E-state index contributed by atoms with van der Waals surface area (Å²) in [6.45, 7) is 11.9. The number of hydrogen-bond acceptors (Lipinski definition) is 0. The maximum absolute atomic E-state index is 14.4. The molecule has 0 saturated carbocycles. The number of alkyl halides is 12. The molecule has 310 valence electrons. The average Bonchev–Trinajstić information content (AvgIpc) is 3.29. The van der Waals surface area contributed by atoms with E-state index in [0.29, 0.717) is 68.1 Å². The maximum atomic E-state index is 14.4. The summed E-state index contributed by atoms with van der Waals surface area (Å²) in [5.41, 5.74) is -4.59. The highest BCUT2D eigenvalue weighted by molar-refractivity contribution is 7.77. The largest absolute Gasteiger partial charge is 0.416 e. The zero-order valence-corrected chi connectivity index (χ0v) is 33.5.